The number of rotatable bonds is 5. The van der Waals surface area contributed by atoms with E-state index in [1.807, 2.05) is 20.8 Å². The van der Waals surface area contributed by atoms with Gasteiger partial charge in [-0.05, 0) is 40.0 Å². The van der Waals surface area contributed by atoms with Crippen molar-refractivity contribution in [2.75, 3.05) is 6.79 Å². The molecular weight excluding hydrogens is 216 g/mol. The molecule has 100 valence electrons. The van der Waals surface area contributed by atoms with Crippen molar-refractivity contribution < 1.29 is 14.3 Å². The van der Waals surface area contributed by atoms with E-state index >= 15 is 0 Å². The predicted molar refractivity (Wildman–Crippen MR) is 67.6 cm³/mol. The fourth-order valence-corrected chi connectivity index (χ4v) is 2.01. The first-order valence-corrected chi connectivity index (χ1v) is 6.71. The van der Waals surface area contributed by atoms with Gasteiger partial charge in [0.15, 0.2) is 6.79 Å². The lowest BCUT2D eigenvalue weighted by Crippen LogP contribution is -2.34. The molecule has 0 heterocycles. The van der Waals surface area contributed by atoms with Crippen molar-refractivity contribution in [1.29, 1.82) is 0 Å². The van der Waals surface area contributed by atoms with Gasteiger partial charge < -0.3 is 9.47 Å². The summed E-state index contributed by atoms with van der Waals surface area (Å²) in [5.41, 5.74) is -0.494. The van der Waals surface area contributed by atoms with Crippen LogP contribution in [0.2, 0.25) is 0 Å². The molecule has 0 aliphatic heterocycles. The number of hydrogen-bond donors (Lipinski definition) is 0. The second-order valence-corrected chi connectivity index (χ2v) is 5.94. The van der Waals surface area contributed by atoms with Crippen LogP contribution in [0.5, 0.6) is 0 Å². The number of carbonyl (C=O) groups excluding carboxylic acids is 1. The van der Waals surface area contributed by atoms with Gasteiger partial charge in [-0.15, -0.1) is 0 Å². The van der Waals surface area contributed by atoms with Gasteiger partial charge in [-0.25, -0.2) is 0 Å². The molecule has 0 unspecified atom stereocenters. The van der Waals surface area contributed by atoms with E-state index in [4.69, 9.17) is 9.47 Å². The quantitative estimate of drug-likeness (QED) is 0.545. The fraction of sp³-hybridized carbons (Fsp3) is 0.929. The van der Waals surface area contributed by atoms with Gasteiger partial charge in [-0.2, -0.15) is 0 Å². The van der Waals surface area contributed by atoms with E-state index in [0.29, 0.717) is 0 Å². The summed E-state index contributed by atoms with van der Waals surface area (Å²) < 4.78 is 10.9. The topological polar surface area (TPSA) is 35.5 Å². The van der Waals surface area contributed by atoms with E-state index in [9.17, 15) is 4.79 Å². The fourth-order valence-electron chi connectivity index (χ4n) is 2.01. The van der Waals surface area contributed by atoms with Crippen molar-refractivity contribution in [2.24, 2.45) is 5.41 Å². The molecule has 0 saturated heterocycles. The second-order valence-electron chi connectivity index (χ2n) is 5.94. The molecule has 17 heavy (non-hydrogen) atoms. The Balaban J connectivity index is 2.30. The molecule has 1 aliphatic carbocycles. The Morgan fingerprint density at radius 1 is 1.24 bits per heavy atom. The zero-order valence-corrected chi connectivity index (χ0v) is 11.7. The van der Waals surface area contributed by atoms with Gasteiger partial charge >= 0.3 is 5.97 Å². The summed E-state index contributed by atoms with van der Waals surface area (Å²) in [4.78, 5) is 11.7. The Morgan fingerprint density at radius 3 is 2.35 bits per heavy atom. The second kappa shape index (κ2) is 5.85. The number of hydrogen-bond acceptors (Lipinski definition) is 3. The van der Waals surface area contributed by atoms with Crippen LogP contribution in [0.25, 0.3) is 0 Å². The highest BCUT2D eigenvalue weighted by atomic mass is 16.7. The van der Waals surface area contributed by atoms with Crippen molar-refractivity contribution in [3.05, 3.63) is 0 Å². The average molecular weight is 242 g/mol. The highest BCUT2D eigenvalue weighted by molar-refractivity contribution is 5.75. The molecular formula is C14H26O3. The Kier molecular flexibility index (Phi) is 4.99. The summed E-state index contributed by atoms with van der Waals surface area (Å²) in [5, 5.41) is 0. The first-order chi connectivity index (χ1) is 7.90. The minimum absolute atomic E-state index is 0.0884. The summed E-state index contributed by atoms with van der Waals surface area (Å²) in [5.74, 6) is -0.167. The van der Waals surface area contributed by atoms with Gasteiger partial charge in [0.1, 0.15) is 0 Å². The molecule has 0 aromatic rings. The first-order valence-electron chi connectivity index (χ1n) is 6.71. The SMILES string of the molecule is CCC(C)(C)C(=O)OCOC1(C)CCCCC1. The van der Waals surface area contributed by atoms with Crippen LogP contribution in [0, 0.1) is 5.41 Å². The normalized spacial score (nSPS) is 20.0. The van der Waals surface area contributed by atoms with Gasteiger partial charge in [0.25, 0.3) is 0 Å². The predicted octanol–water partition coefficient (Wildman–Crippen LogP) is 3.66. The summed E-state index contributed by atoms with van der Waals surface area (Å²) in [6.07, 6.45) is 6.64. The third-order valence-corrected chi connectivity index (χ3v) is 3.95. The van der Waals surface area contributed by atoms with Gasteiger partial charge in [0.05, 0.1) is 11.0 Å². The van der Waals surface area contributed by atoms with E-state index in [1.54, 1.807) is 0 Å². The Hall–Kier alpha value is -0.570. The van der Waals surface area contributed by atoms with E-state index in [0.717, 1.165) is 19.3 Å². The first kappa shape index (κ1) is 14.5. The molecule has 0 aromatic heterocycles. The largest absolute Gasteiger partial charge is 0.438 e. The maximum Gasteiger partial charge on any atom is 0.313 e. The monoisotopic (exact) mass is 242 g/mol. The van der Waals surface area contributed by atoms with Crippen LogP contribution in [0.4, 0.5) is 0 Å². The van der Waals surface area contributed by atoms with Gasteiger partial charge in [0, 0.05) is 0 Å². The molecule has 0 amide bonds. The Bertz CT molecular complexity index is 252. The smallest absolute Gasteiger partial charge is 0.313 e. The molecule has 0 N–H and O–H groups in total. The van der Waals surface area contributed by atoms with Crippen LogP contribution >= 0.6 is 0 Å². The Morgan fingerprint density at radius 2 is 1.82 bits per heavy atom. The van der Waals surface area contributed by atoms with Crippen LogP contribution in [0.1, 0.15) is 66.2 Å². The van der Waals surface area contributed by atoms with Crippen molar-refractivity contribution >= 4 is 5.97 Å². The summed E-state index contributed by atoms with van der Waals surface area (Å²) >= 11 is 0. The van der Waals surface area contributed by atoms with Crippen LogP contribution in [-0.4, -0.2) is 18.4 Å². The molecule has 0 atom stereocenters. The minimum Gasteiger partial charge on any atom is -0.438 e. The molecule has 0 aromatic carbocycles. The van der Waals surface area contributed by atoms with Gasteiger partial charge in [-0.3, -0.25) is 4.79 Å². The number of carbonyl (C=O) groups is 1. The minimum atomic E-state index is -0.406. The third kappa shape index (κ3) is 4.30. The molecule has 3 heteroatoms. The van der Waals surface area contributed by atoms with Crippen LogP contribution in [-0.2, 0) is 14.3 Å². The molecule has 3 nitrogen and oxygen atoms in total. The lowest BCUT2D eigenvalue weighted by atomic mass is 9.86. The van der Waals surface area contributed by atoms with Crippen LogP contribution in [0.3, 0.4) is 0 Å². The van der Waals surface area contributed by atoms with Crippen LogP contribution < -0.4 is 0 Å². The third-order valence-electron chi connectivity index (χ3n) is 3.95. The molecule has 0 radical (unpaired) electrons. The average Bonchev–Trinajstić information content (AvgIpc) is 2.29. The van der Waals surface area contributed by atoms with Crippen molar-refractivity contribution in [1.82, 2.24) is 0 Å². The van der Waals surface area contributed by atoms with E-state index in [-0.39, 0.29) is 18.4 Å². The highest BCUT2D eigenvalue weighted by Gasteiger charge is 2.30. The summed E-state index contributed by atoms with van der Waals surface area (Å²) in [7, 11) is 0. The zero-order chi connectivity index (χ0) is 12.9. The van der Waals surface area contributed by atoms with Crippen LogP contribution in [0.15, 0.2) is 0 Å². The van der Waals surface area contributed by atoms with Gasteiger partial charge in [-0.1, -0.05) is 26.2 Å². The molecule has 1 aliphatic rings. The van der Waals surface area contributed by atoms with E-state index < -0.39 is 5.41 Å². The van der Waals surface area contributed by atoms with Crippen molar-refractivity contribution in [3.63, 3.8) is 0 Å². The Labute approximate surface area is 105 Å². The lowest BCUT2D eigenvalue weighted by molar-refractivity contribution is -0.183. The van der Waals surface area contributed by atoms with Crippen molar-refractivity contribution in [2.45, 2.75) is 71.8 Å². The maximum absolute atomic E-state index is 11.7. The summed E-state index contributed by atoms with van der Waals surface area (Å²) in [6.45, 7) is 8.00. The lowest BCUT2D eigenvalue weighted by Gasteiger charge is -2.33. The molecule has 1 saturated carbocycles. The van der Waals surface area contributed by atoms with Gasteiger partial charge in [0.2, 0.25) is 0 Å². The molecule has 0 bridgehead atoms. The maximum atomic E-state index is 11.7. The summed E-state index contributed by atoms with van der Waals surface area (Å²) in [6, 6.07) is 0. The standard InChI is InChI=1S/C14H26O3/c1-5-13(2,3)12(15)16-11-17-14(4)9-7-6-8-10-14/h5-11H2,1-4H3. The number of ether oxygens (including phenoxy) is 2. The molecule has 1 rings (SSSR count). The number of esters is 1. The van der Waals surface area contributed by atoms with Crippen molar-refractivity contribution in [3.8, 4) is 0 Å². The molecule has 1 fully saturated rings. The van der Waals surface area contributed by atoms with E-state index in [2.05, 4.69) is 6.92 Å². The zero-order valence-electron chi connectivity index (χ0n) is 11.7. The van der Waals surface area contributed by atoms with E-state index in [1.165, 1.54) is 19.3 Å². The molecule has 0 spiro atoms. The highest BCUT2D eigenvalue weighted by Crippen LogP contribution is 2.31.